The molecule has 1 aromatic carbocycles. The van der Waals surface area contributed by atoms with Crippen LogP contribution < -0.4 is 10.0 Å². The van der Waals surface area contributed by atoms with Crippen LogP contribution in [-0.4, -0.2) is 33.8 Å². The lowest BCUT2D eigenvalue weighted by atomic mass is 9.74. The topological polar surface area (TPSA) is 58.2 Å². The van der Waals surface area contributed by atoms with Crippen LogP contribution >= 0.6 is 0 Å². The minimum atomic E-state index is -3.08. The van der Waals surface area contributed by atoms with Gasteiger partial charge in [0.25, 0.3) is 0 Å². The highest BCUT2D eigenvalue weighted by molar-refractivity contribution is 7.89. The summed E-state index contributed by atoms with van der Waals surface area (Å²) in [7, 11) is -1.63. The van der Waals surface area contributed by atoms with Crippen LogP contribution in [0.5, 0.6) is 0 Å². The average molecular weight is 282 g/mol. The molecule has 1 aliphatic carbocycles. The smallest absolute Gasteiger partial charge is 0.212 e. The molecule has 0 aliphatic heterocycles. The standard InChI is InChI=1S/C14H22N2O2S/c1-11-5-3-4-6-14(11)12-9-13(10-12)16-7-8-19(17,18)15-2/h3-6,12-13,15-16H,7-10H2,1-2H3. The van der Waals surface area contributed by atoms with Crippen molar-refractivity contribution in [3.63, 3.8) is 0 Å². The lowest BCUT2D eigenvalue weighted by Gasteiger charge is -2.37. The van der Waals surface area contributed by atoms with Crippen molar-refractivity contribution >= 4 is 10.0 Å². The summed E-state index contributed by atoms with van der Waals surface area (Å²) >= 11 is 0. The molecule has 4 nitrogen and oxygen atoms in total. The monoisotopic (exact) mass is 282 g/mol. The maximum atomic E-state index is 11.3. The van der Waals surface area contributed by atoms with Gasteiger partial charge >= 0.3 is 0 Å². The molecule has 0 amide bonds. The van der Waals surface area contributed by atoms with Crippen molar-refractivity contribution in [2.75, 3.05) is 19.3 Å². The summed E-state index contributed by atoms with van der Waals surface area (Å²) in [5, 5.41) is 3.31. The fourth-order valence-corrected chi connectivity index (χ4v) is 3.17. The molecule has 106 valence electrons. The number of nitrogens with one attached hydrogen (secondary N) is 2. The molecule has 19 heavy (non-hydrogen) atoms. The molecule has 1 saturated carbocycles. The highest BCUT2D eigenvalue weighted by Crippen LogP contribution is 2.38. The van der Waals surface area contributed by atoms with E-state index in [-0.39, 0.29) is 5.75 Å². The summed E-state index contributed by atoms with van der Waals surface area (Å²) in [6.45, 7) is 2.67. The maximum Gasteiger partial charge on any atom is 0.212 e. The van der Waals surface area contributed by atoms with E-state index in [1.165, 1.54) is 18.2 Å². The van der Waals surface area contributed by atoms with Gasteiger partial charge in [-0.25, -0.2) is 13.1 Å². The first-order valence-electron chi connectivity index (χ1n) is 6.72. The van der Waals surface area contributed by atoms with Crippen LogP contribution in [0.2, 0.25) is 0 Å². The van der Waals surface area contributed by atoms with Crippen molar-refractivity contribution in [1.82, 2.24) is 10.0 Å². The minimum absolute atomic E-state index is 0.148. The van der Waals surface area contributed by atoms with Gasteiger partial charge in [-0.3, -0.25) is 0 Å². The van der Waals surface area contributed by atoms with E-state index < -0.39 is 10.0 Å². The summed E-state index contributed by atoms with van der Waals surface area (Å²) in [6.07, 6.45) is 2.20. The van der Waals surface area contributed by atoms with Gasteiger partial charge in [-0.1, -0.05) is 24.3 Å². The van der Waals surface area contributed by atoms with Gasteiger partial charge in [0.1, 0.15) is 0 Å². The first-order chi connectivity index (χ1) is 9.02. The molecule has 0 aromatic heterocycles. The molecule has 0 saturated heterocycles. The van der Waals surface area contributed by atoms with Crippen LogP contribution in [0.4, 0.5) is 0 Å². The van der Waals surface area contributed by atoms with Gasteiger partial charge in [-0.15, -0.1) is 0 Å². The molecule has 1 aromatic rings. The summed E-state index contributed by atoms with van der Waals surface area (Å²) in [4.78, 5) is 0. The van der Waals surface area contributed by atoms with Gasteiger partial charge in [-0.2, -0.15) is 0 Å². The second kappa shape index (κ2) is 6.03. The van der Waals surface area contributed by atoms with E-state index in [4.69, 9.17) is 0 Å². The Hall–Kier alpha value is -0.910. The average Bonchev–Trinajstić information content (AvgIpc) is 2.33. The highest BCUT2D eigenvalue weighted by atomic mass is 32.2. The molecule has 0 atom stereocenters. The van der Waals surface area contributed by atoms with Gasteiger partial charge in [0.05, 0.1) is 5.75 Å². The van der Waals surface area contributed by atoms with Crippen molar-refractivity contribution in [3.05, 3.63) is 35.4 Å². The molecule has 1 aliphatic rings. The van der Waals surface area contributed by atoms with Crippen molar-refractivity contribution in [3.8, 4) is 0 Å². The van der Waals surface area contributed by atoms with Gasteiger partial charge in [0.15, 0.2) is 0 Å². The Balaban J connectivity index is 1.74. The predicted molar refractivity (Wildman–Crippen MR) is 77.8 cm³/mol. The SMILES string of the molecule is CNS(=O)(=O)CCNC1CC(c2ccccc2C)C1. The number of aryl methyl sites for hydroxylation is 1. The molecule has 5 heteroatoms. The Morgan fingerprint density at radius 2 is 1.95 bits per heavy atom. The summed E-state index contributed by atoms with van der Waals surface area (Å²) in [6, 6.07) is 8.95. The van der Waals surface area contributed by atoms with E-state index >= 15 is 0 Å². The number of sulfonamides is 1. The summed E-state index contributed by atoms with van der Waals surface area (Å²) in [5.41, 5.74) is 2.78. The van der Waals surface area contributed by atoms with E-state index in [1.807, 2.05) is 0 Å². The molecule has 0 unspecified atom stereocenters. The quantitative estimate of drug-likeness (QED) is 0.829. The largest absolute Gasteiger partial charge is 0.313 e. The third kappa shape index (κ3) is 3.78. The van der Waals surface area contributed by atoms with Crippen LogP contribution in [0.1, 0.15) is 29.9 Å². The lowest BCUT2D eigenvalue weighted by molar-refractivity contribution is 0.295. The van der Waals surface area contributed by atoms with Gasteiger partial charge < -0.3 is 5.32 Å². The van der Waals surface area contributed by atoms with Crippen molar-refractivity contribution in [1.29, 1.82) is 0 Å². The molecule has 0 spiro atoms. The van der Waals surface area contributed by atoms with E-state index in [0.717, 1.165) is 12.8 Å². The van der Waals surface area contributed by atoms with Crippen molar-refractivity contribution < 1.29 is 8.42 Å². The van der Waals surface area contributed by atoms with Crippen LogP contribution in [0.25, 0.3) is 0 Å². The predicted octanol–water partition coefficient (Wildman–Crippen LogP) is 1.38. The molecule has 2 rings (SSSR count). The first kappa shape index (κ1) is 14.5. The van der Waals surface area contributed by atoms with Gasteiger partial charge in [0, 0.05) is 12.6 Å². The fraction of sp³-hybridized carbons (Fsp3) is 0.571. The Morgan fingerprint density at radius 1 is 1.26 bits per heavy atom. The molecular formula is C14H22N2O2S. The normalized spacial score (nSPS) is 23.1. The number of rotatable bonds is 6. The maximum absolute atomic E-state index is 11.3. The molecule has 0 bridgehead atoms. The van der Waals surface area contributed by atoms with Crippen LogP contribution in [0, 0.1) is 6.92 Å². The Bertz CT molecular complexity index is 522. The molecule has 1 fully saturated rings. The summed E-state index contributed by atoms with van der Waals surface area (Å²) < 4.78 is 24.9. The number of hydrogen-bond acceptors (Lipinski definition) is 3. The zero-order valence-corrected chi connectivity index (χ0v) is 12.3. The minimum Gasteiger partial charge on any atom is -0.313 e. The van der Waals surface area contributed by atoms with Crippen LogP contribution in [-0.2, 0) is 10.0 Å². The first-order valence-corrected chi connectivity index (χ1v) is 8.37. The zero-order valence-electron chi connectivity index (χ0n) is 11.5. The van der Waals surface area contributed by atoms with Crippen LogP contribution in [0.3, 0.4) is 0 Å². The second-order valence-corrected chi connectivity index (χ2v) is 7.24. The van der Waals surface area contributed by atoms with Gasteiger partial charge in [-0.05, 0) is 43.9 Å². The van der Waals surface area contributed by atoms with E-state index in [0.29, 0.717) is 18.5 Å². The second-order valence-electron chi connectivity index (χ2n) is 5.20. The molecular weight excluding hydrogens is 260 g/mol. The number of benzene rings is 1. The third-order valence-corrected chi connectivity index (χ3v) is 5.24. The van der Waals surface area contributed by atoms with Crippen LogP contribution in [0.15, 0.2) is 24.3 Å². The van der Waals surface area contributed by atoms with E-state index in [9.17, 15) is 8.42 Å². The molecule has 0 radical (unpaired) electrons. The van der Waals surface area contributed by atoms with E-state index in [1.54, 1.807) is 0 Å². The molecule has 2 N–H and O–H groups in total. The van der Waals surface area contributed by atoms with Gasteiger partial charge in [0.2, 0.25) is 10.0 Å². The highest BCUT2D eigenvalue weighted by Gasteiger charge is 2.30. The Kier molecular flexibility index (Phi) is 4.60. The van der Waals surface area contributed by atoms with Crippen molar-refractivity contribution in [2.45, 2.75) is 31.7 Å². The molecule has 0 heterocycles. The number of hydrogen-bond donors (Lipinski definition) is 2. The van der Waals surface area contributed by atoms with E-state index in [2.05, 4.69) is 41.2 Å². The zero-order chi connectivity index (χ0) is 13.9. The Morgan fingerprint density at radius 3 is 2.58 bits per heavy atom. The lowest BCUT2D eigenvalue weighted by Crippen LogP contribution is -2.43. The third-order valence-electron chi connectivity index (χ3n) is 3.88. The summed E-state index contributed by atoms with van der Waals surface area (Å²) in [5.74, 6) is 0.772. The van der Waals surface area contributed by atoms with Crippen molar-refractivity contribution in [2.24, 2.45) is 0 Å². The fourth-order valence-electron chi connectivity index (χ4n) is 2.58. The Labute approximate surface area is 115 Å².